The summed E-state index contributed by atoms with van der Waals surface area (Å²) < 4.78 is 5.39. The van der Waals surface area contributed by atoms with Crippen molar-refractivity contribution in [1.29, 1.82) is 0 Å². The molecule has 0 saturated heterocycles. The number of aromatic nitrogens is 1. The van der Waals surface area contributed by atoms with Crippen LogP contribution >= 0.6 is 24.0 Å². The zero-order valence-electron chi connectivity index (χ0n) is 14.5. The van der Waals surface area contributed by atoms with Crippen LogP contribution in [0.3, 0.4) is 0 Å². The highest BCUT2D eigenvalue weighted by Crippen LogP contribution is 2.22. The second-order valence-electron chi connectivity index (χ2n) is 5.77. The first-order chi connectivity index (χ1) is 10.1. The van der Waals surface area contributed by atoms with Gasteiger partial charge in [0.05, 0.1) is 12.2 Å². The molecule has 0 aliphatic rings. The van der Waals surface area contributed by atoms with Crippen LogP contribution in [0, 0.1) is 5.92 Å². The highest BCUT2D eigenvalue weighted by Gasteiger charge is 2.13. The maximum atomic E-state index is 5.39. The van der Waals surface area contributed by atoms with Crippen molar-refractivity contribution in [1.82, 2.24) is 15.8 Å². The summed E-state index contributed by atoms with van der Waals surface area (Å²) in [7, 11) is 1.78. The third-order valence-corrected chi connectivity index (χ3v) is 3.65. The fraction of sp³-hybridized carbons (Fsp3) is 0.750. The van der Waals surface area contributed by atoms with E-state index in [1.54, 1.807) is 7.05 Å². The second-order valence-corrected chi connectivity index (χ2v) is 5.77. The Hall–Kier alpha value is -0.790. The van der Waals surface area contributed by atoms with Gasteiger partial charge in [-0.2, -0.15) is 0 Å². The van der Waals surface area contributed by atoms with Crippen molar-refractivity contribution in [2.45, 2.75) is 59.4 Å². The Morgan fingerprint density at radius 1 is 1.27 bits per heavy atom. The van der Waals surface area contributed by atoms with E-state index in [1.165, 1.54) is 0 Å². The van der Waals surface area contributed by atoms with Gasteiger partial charge < -0.3 is 15.2 Å². The Morgan fingerprint density at radius 2 is 1.95 bits per heavy atom. The summed E-state index contributed by atoms with van der Waals surface area (Å²) in [5.74, 6) is 2.83. The van der Waals surface area contributed by atoms with Crippen LogP contribution in [0.2, 0.25) is 0 Å². The Balaban J connectivity index is 0.00000441. The molecule has 0 amide bonds. The molecular formula is C16H31IN4O. The highest BCUT2D eigenvalue weighted by atomic mass is 127. The molecule has 2 N–H and O–H groups in total. The molecular weight excluding hydrogens is 391 g/mol. The molecule has 0 unspecified atom stereocenters. The molecule has 0 aliphatic carbocycles. The van der Waals surface area contributed by atoms with Crippen molar-refractivity contribution >= 4 is 29.9 Å². The van der Waals surface area contributed by atoms with Crippen molar-refractivity contribution in [3.05, 3.63) is 17.5 Å². The van der Waals surface area contributed by atoms with E-state index in [9.17, 15) is 0 Å². The number of guanidine groups is 1. The summed E-state index contributed by atoms with van der Waals surface area (Å²) in [5, 5.41) is 10.7. The lowest BCUT2D eigenvalue weighted by molar-refractivity contribution is 0.368. The fourth-order valence-electron chi connectivity index (χ4n) is 2.18. The van der Waals surface area contributed by atoms with Gasteiger partial charge in [0.1, 0.15) is 0 Å². The minimum atomic E-state index is 0. The predicted molar refractivity (Wildman–Crippen MR) is 103 cm³/mol. The van der Waals surface area contributed by atoms with Crippen molar-refractivity contribution in [2.75, 3.05) is 13.6 Å². The van der Waals surface area contributed by atoms with Gasteiger partial charge in [-0.05, 0) is 25.2 Å². The van der Waals surface area contributed by atoms with E-state index >= 15 is 0 Å². The molecule has 0 atom stereocenters. The first-order valence-electron chi connectivity index (χ1n) is 8.00. The summed E-state index contributed by atoms with van der Waals surface area (Å²) in [4.78, 5) is 4.21. The summed E-state index contributed by atoms with van der Waals surface area (Å²) in [6, 6.07) is 2.05. The van der Waals surface area contributed by atoms with E-state index in [1.807, 2.05) is 6.07 Å². The van der Waals surface area contributed by atoms with E-state index < -0.39 is 0 Å². The topological polar surface area (TPSA) is 62.5 Å². The number of halogens is 1. The lowest BCUT2D eigenvalue weighted by atomic mass is 9.99. The van der Waals surface area contributed by atoms with Gasteiger partial charge in [-0.3, -0.25) is 4.99 Å². The summed E-state index contributed by atoms with van der Waals surface area (Å²) >= 11 is 0. The summed E-state index contributed by atoms with van der Waals surface area (Å²) in [6.45, 7) is 10.3. The molecule has 0 spiro atoms. The standard InChI is InChI=1S/C16H30N4O.HI/c1-6-13(7-2)15-10-14(21-20-15)11-19-16(17-5)18-9-8-12(3)4;/h10,12-13H,6-9,11H2,1-5H3,(H2,17,18,19);1H. The molecule has 128 valence electrons. The maximum Gasteiger partial charge on any atom is 0.191 e. The van der Waals surface area contributed by atoms with Crippen molar-refractivity contribution in [2.24, 2.45) is 10.9 Å². The first-order valence-corrected chi connectivity index (χ1v) is 8.00. The van der Waals surface area contributed by atoms with Gasteiger partial charge in [0.25, 0.3) is 0 Å². The Bertz CT molecular complexity index is 428. The molecule has 0 fully saturated rings. The second kappa shape index (κ2) is 11.7. The molecule has 0 aliphatic heterocycles. The Kier molecular flexibility index (Phi) is 11.3. The molecule has 1 rings (SSSR count). The van der Waals surface area contributed by atoms with Crippen LogP contribution in [-0.4, -0.2) is 24.7 Å². The Labute approximate surface area is 151 Å². The van der Waals surface area contributed by atoms with Gasteiger partial charge >= 0.3 is 0 Å². The van der Waals surface area contributed by atoms with Gasteiger partial charge in [-0.1, -0.05) is 32.9 Å². The minimum Gasteiger partial charge on any atom is -0.359 e. The molecule has 0 bridgehead atoms. The van der Waals surface area contributed by atoms with Gasteiger partial charge in [0.15, 0.2) is 11.7 Å². The third-order valence-electron chi connectivity index (χ3n) is 3.65. The van der Waals surface area contributed by atoms with Crippen LogP contribution < -0.4 is 10.6 Å². The molecule has 1 heterocycles. The predicted octanol–water partition coefficient (Wildman–Crippen LogP) is 3.91. The molecule has 0 saturated carbocycles. The highest BCUT2D eigenvalue weighted by molar-refractivity contribution is 14.0. The number of hydrogen-bond acceptors (Lipinski definition) is 3. The lowest BCUT2D eigenvalue weighted by Crippen LogP contribution is -2.37. The maximum absolute atomic E-state index is 5.39. The van der Waals surface area contributed by atoms with Gasteiger partial charge in [-0.25, -0.2) is 0 Å². The molecule has 0 aromatic carbocycles. The van der Waals surface area contributed by atoms with Crippen LogP contribution in [0.25, 0.3) is 0 Å². The summed E-state index contributed by atoms with van der Waals surface area (Å²) in [5.41, 5.74) is 1.06. The van der Waals surface area contributed by atoms with E-state index in [-0.39, 0.29) is 24.0 Å². The SMILES string of the molecule is CCC(CC)c1cc(CNC(=NC)NCCC(C)C)on1.I. The van der Waals surface area contributed by atoms with E-state index in [2.05, 4.69) is 48.5 Å². The van der Waals surface area contributed by atoms with E-state index in [0.29, 0.717) is 18.4 Å². The first kappa shape index (κ1) is 21.2. The van der Waals surface area contributed by atoms with Gasteiger partial charge in [0, 0.05) is 25.6 Å². The zero-order valence-corrected chi connectivity index (χ0v) is 16.8. The van der Waals surface area contributed by atoms with E-state index in [0.717, 1.165) is 43.2 Å². The van der Waals surface area contributed by atoms with E-state index in [4.69, 9.17) is 4.52 Å². The normalized spacial score (nSPS) is 11.7. The quantitative estimate of drug-likeness (QED) is 0.379. The molecule has 1 aromatic rings. The number of rotatable bonds is 8. The fourth-order valence-corrected chi connectivity index (χ4v) is 2.18. The van der Waals surface area contributed by atoms with Gasteiger partial charge in [0.2, 0.25) is 0 Å². The summed E-state index contributed by atoms with van der Waals surface area (Å²) in [6.07, 6.45) is 3.31. The van der Waals surface area contributed by atoms with Crippen molar-refractivity contribution in [3.8, 4) is 0 Å². The number of nitrogens with one attached hydrogen (secondary N) is 2. The third kappa shape index (κ3) is 7.47. The van der Waals surface area contributed by atoms with Crippen molar-refractivity contribution in [3.63, 3.8) is 0 Å². The average Bonchev–Trinajstić information content (AvgIpc) is 2.92. The smallest absolute Gasteiger partial charge is 0.191 e. The molecule has 22 heavy (non-hydrogen) atoms. The van der Waals surface area contributed by atoms with Crippen molar-refractivity contribution < 1.29 is 4.52 Å². The van der Waals surface area contributed by atoms with Crippen LogP contribution in [0.4, 0.5) is 0 Å². The lowest BCUT2D eigenvalue weighted by Gasteiger charge is -2.11. The molecule has 0 radical (unpaired) electrons. The Morgan fingerprint density at radius 3 is 2.50 bits per heavy atom. The van der Waals surface area contributed by atoms with Gasteiger partial charge in [-0.15, -0.1) is 24.0 Å². The zero-order chi connectivity index (χ0) is 15.7. The van der Waals surface area contributed by atoms with Crippen LogP contribution in [0.1, 0.15) is 64.3 Å². The molecule has 5 nitrogen and oxygen atoms in total. The largest absolute Gasteiger partial charge is 0.359 e. The van der Waals surface area contributed by atoms with Crippen LogP contribution in [0.15, 0.2) is 15.6 Å². The monoisotopic (exact) mass is 422 g/mol. The molecule has 6 heteroatoms. The number of hydrogen-bond donors (Lipinski definition) is 2. The molecule has 1 aromatic heterocycles. The average molecular weight is 422 g/mol. The number of aliphatic imine (C=N–C) groups is 1. The van der Waals surface area contributed by atoms with Crippen LogP contribution in [-0.2, 0) is 6.54 Å². The minimum absolute atomic E-state index is 0. The van der Waals surface area contributed by atoms with Crippen LogP contribution in [0.5, 0.6) is 0 Å². The number of nitrogens with zero attached hydrogens (tertiary/aromatic N) is 2.